The van der Waals surface area contributed by atoms with Gasteiger partial charge in [-0.3, -0.25) is 4.90 Å². The van der Waals surface area contributed by atoms with Crippen LogP contribution in [0.5, 0.6) is 0 Å². The summed E-state index contributed by atoms with van der Waals surface area (Å²) in [5.74, 6) is 1.29. The summed E-state index contributed by atoms with van der Waals surface area (Å²) in [6.45, 7) is 5.23. The van der Waals surface area contributed by atoms with Gasteiger partial charge in [-0.25, -0.2) is 9.59 Å². The normalized spacial score (nSPS) is 10.5. The SMILES string of the molecule is C#CCN(C(=O)OC(C)(C)C)c1cccc(C(=O)O)c1. The molecule has 5 nitrogen and oxygen atoms in total. The molecule has 1 rings (SSSR count). The molecule has 0 aromatic heterocycles. The van der Waals surface area contributed by atoms with Crippen LogP contribution in [0.3, 0.4) is 0 Å². The number of carboxylic acid groups (broad SMARTS) is 1. The monoisotopic (exact) mass is 275 g/mol. The summed E-state index contributed by atoms with van der Waals surface area (Å²) < 4.78 is 5.25. The molecule has 1 aromatic carbocycles. The van der Waals surface area contributed by atoms with E-state index in [1.54, 1.807) is 32.9 Å². The third kappa shape index (κ3) is 4.32. The molecule has 0 radical (unpaired) electrons. The molecule has 0 heterocycles. The van der Waals surface area contributed by atoms with Gasteiger partial charge in [-0.1, -0.05) is 12.0 Å². The van der Waals surface area contributed by atoms with Crippen molar-refractivity contribution in [3.8, 4) is 12.3 Å². The average molecular weight is 275 g/mol. The molecular weight excluding hydrogens is 258 g/mol. The maximum Gasteiger partial charge on any atom is 0.415 e. The number of terminal acetylenes is 1. The first kappa shape index (κ1) is 15.6. The first-order valence-electron chi connectivity index (χ1n) is 6.02. The molecule has 1 aromatic rings. The predicted molar refractivity (Wildman–Crippen MR) is 75.8 cm³/mol. The minimum Gasteiger partial charge on any atom is -0.478 e. The Morgan fingerprint density at radius 3 is 2.55 bits per heavy atom. The standard InChI is InChI=1S/C15H17NO4/c1-5-9-16(14(19)20-15(2,3)4)12-8-6-7-11(10-12)13(17)18/h1,6-8,10H,9H2,2-4H3,(H,17,18). The lowest BCUT2D eigenvalue weighted by Gasteiger charge is -2.26. The van der Waals surface area contributed by atoms with E-state index in [1.807, 2.05) is 0 Å². The van der Waals surface area contributed by atoms with Gasteiger partial charge in [0.2, 0.25) is 0 Å². The molecule has 0 saturated heterocycles. The van der Waals surface area contributed by atoms with Gasteiger partial charge >= 0.3 is 12.1 Å². The summed E-state index contributed by atoms with van der Waals surface area (Å²) in [4.78, 5) is 24.3. The summed E-state index contributed by atoms with van der Waals surface area (Å²) >= 11 is 0. The quantitative estimate of drug-likeness (QED) is 0.861. The van der Waals surface area contributed by atoms with Crippen molar-refractivity contribution in [3.05, 3.63) is 29.8 Å². The lowest BCUT2D eigenvalue weighted by atomic mass is 10.2. The molecule has 0 spiro atoms. The topological polar surface area (TPSA) is 66.8 Å². The van der Waals surface area contributed by atoms with Crippen molar-refractivity contribution in [2.75, 3.05) is 11.4 Å². The predicted octanol–water partition coefficient (Wildman–Crippen LogP) is 2.76. The van der Waals surface area contributed by atoms with Gasteiger partial charge in [0.05, 0.1) is 12.1 Å². The van der Waals surface area contributed by atoms with Crippen LogP contribution in [0.1, 0.15) is 31.1 Å². The average Bonchev–Trinajstić information content (AvgIpc) is 2.33. The number of rotatable bonds is 3. The number of hydrogen-bond acceptors (Lipinski definition) is 3. The van der Waals surface area contributed by atoms with E-state index in [-0.39, 0.29) is 12.1 Å². The number of amides is 1. The Morgan fingerprint density at radius 2 is 2.05 bits per heavy atom. The highest BCUT2D eigenvalue weighted by atomic mass is 16.6. The van der Waals surface area contributed by atoms with Gasteiger partial charge in [0.15, 0.2) is 0 Å². The van der Waals surface area contributed by atoms with E-state index in [0.29, 0.717) is 5.69 Å². The first-order valence-corrected chi connectivity index (χ1v) is 6.02. The fourth-order valence-electron chi connectivity index (χ4n) is 1.48. The number of carbonyl (C=O) groups excluding carboxylic acids is 1. The summed E-state index contributed by atoms with van der Waals surface area (Å²) in [5, 5.41) is 8.97. The van der Waals surface area contributed by atoms with Crippen molar-refractivity contribution in [1.29, 1.82) is 0 Å². The first-order chi connectivity index (χ1) is 9.24. The van der Waals surface area contributed by atoms with Crippen LogP contribution in [-0.4, -0.2) is 29.3 Å². The van der Waals surface area contributed by atoms with E-state index in [1.165, 1.54) is 17.0 Å². The highest BCUT2D eigenvalue weighted by Crippen LogP contribution is 2.19. The van der Waals surface area contributed by atoms with Gasteiger partial charge in [-0.05, 0) is 39.0 Å². The number of anilines is 1. The highest BCUT2D eigenvalue weighted by molar-refractivity contribution is 5.93. The second-order valence-corrected chi connectivity index (χ2v) is 5.13. The maximum absolute atomic E-state index is 12.1. The zero-order valence-corrected chi connectivity index (χ0v) is 11.7. The number of hydrogen-bond donors (Lipinski definition) is 1. The van der Waals surface area contributed by atoms with Gasteiger partial charge in [0.25, 0.3) is 0 Å². The Morgan fingerprint density at radius 1 is 1.40 bits per heavy atom. The lowest BCUT2D eigenvalue weighted by Crippen LogP contribution is -2.37. The number of carboxylic acids is 1. The van der Waals surface area contributed by atoms with E-state index < -0.39 is 17.7 Å². The van der Waals surface area contributed by atoms with Gasteiger partial charge in [0.1, 0.15) is 5.60 Å². The highest BCUT2D eigenvalue weighted by Gasteiger charge is 2.23. The zero-order valence-electron chi connectivity index (χ0n) is 11.7. The molecule has 0 bridgehead atoms. The Bertz CT molecular complexity index is 552. The smallest absolute Gasteiger partial charge is 0.415 e. The molecule has 0 unspecified atom stereocenters. The van der Waals surface area contributed by atoms with Crippen LogP contribution in [0.25, 0.3) is 0 Å². The maximum atomic E-state index is 12.1. The fourth-order valence-corrected chi connectivity index (χ4v) is 1.48. The molecule has 0 atom stereocenters. The van der Waals surface area contributed by atoms with Gasteiger partial charge in [-0.2, -0.15) is 0 Å². The summed E-state index contributed by atoms with van der Waals surface area (Å²) in [6, 6.07) is 5.97. The summed E-state index contributed by atoms with van der Waals surface area (Å²) in [6.07, 6.45) is 4.64. The van der Waals surface area contributed by atoms with Crippen molar-refractivity contribution < 1.29 is 19.4 Å². The molecule has 0 fully saturated rings. The molecule has 0 saturated carbocycles. The fraction of sp³-hybridized carbons (Fsp3) is 0.333. The van der Waals surface area contributed by atoms with Crippen LogP contribution in [0.2, 0.25) is 0 Å². The Labute approximate surface area is 118 Å². The molecule has 0 aliphatic heterocycles. The van der Waals surface area contributed by atoms with E-state index >= 15 is 0 Å². The third-order valence-corrected chi connectivity index (χ3v) is 2.27. The number of aromatic carboxylic acids is 1. The zero-order chi connectivity index (χ0) is 15.3. The van der Waals surface area contributed by atoms with Crippen LogP contribution >= 0.6 is 0 Å². The molecule has 1 amide bonds. The van der Waals surface area contributed by atoms with Crippen molar-refractivity contribution in [2.45, 2.75) is 26.4 Å². The number of ether oxygens (including phenoxy) is 1. The minimum absolute atomic E-state index is 0.00200. The lowest BCUT2D eigenvalue weighted by molar-refractivity contribution is 0.0583. The van der Waals surface area contributed by atoms with E-state index in [2.05, 4.69) is 5.92 Å². The van der Waals surface area contributed by atoms with Crippen LogP contribution in [0, 0.1) is 12.3 Å². The van der Waals surface area contributed by atoms with Crippen molar-refractivity contribution in [2.24, 2.45) is 0 Å². The Balaban J connectivity index is 3.08. The van der Waals surface area contributed by atoms with Gasteiger partial charge in [0, 0.05) is 5.69 Å². The van der Waals surface area contributed by atoms with E-state index in [4.69, 9.17) is 16.3 Å². The van der Waals surface area contributed by atoms with E-state index in [0.717, 1.165) is 0 Å². The molecule has 1 N–H and O–H groups in total. The Hall–Kier alpha value is -2.48. The van der Waals surface area contributed by atoms with Gasteiger partial charge < -0.3 is 9.84 Å². The molecule has 5 heteroatoms. The Kier molecular flexibility index (Phi) is 4.76. The molecule has 20 heavy (non-hydrogen) atoms. The third-order valence-electron chi connectivity index (χ3n) is 2.27. The minimum atomic E-state index is -1.07. The van der Waals surface area contributed by atoms with Crippen LogP contribution in [0.4, 0.5) is 10.5 Å². The molecule has 106 valence electrons. The number of nitrogens with zero attached hydrogens (tertiary/aromatic N) is 1. The second kappa shape index (κ2) is 6.11. The van der Waals surface area contributed by atoms with Gasteiger partial charge in [-0.15, -0.1) is 6.42 Å². The van der Waals surface area contributed by atoms with Crippen molar-refractivity contribution in [1.82, 2.24) is 0 Å². The largest absolute Gasteiger partial charge is 0.478 e. The second-order valence-electron chi connectivity index (χ2n) is 5.13. The molecule has 0 aliphatic rings. The van der Waals surface area contributed by atoms with Crippen LogP contribution in [0.15, 0.2) is 24.3 Å². The van der Waals surface area contributed by atoms with Crippen LogP contribution < -0.4 is 4.90 Å². The number of carbonyl (C=O) groups is 2. The van der Waals surface area contributed by atoms with Crippen LogP contribution in [-0.2, 0) is 4.74 Å². The number of benzene rings is 1. The molecular formula is C15H17NO4. The van der Waals surface area contributed by atoms with Crippen molar-refractivity contribution >= 4 is 17.7 Å². The van der Waals surface area contributed by atoms with E-state index in [9.17, 15) is 9.59 Å². The molecule has 0 aliphatic carbocycles. The summed E-state index contributed by atoms with van der Waals surface area (Å²) in [7, 11) is 0. The van der Waals surface area contributed by atoms with Crippen molar-refractivity contribution in [3.63, 3.8) is 0 Å². The summed E-state index contributed by atoms with van der Waals surface area (Å²) in [5.41, 5.74) is -0.195.